The van der Waals surface area contributed by atoms with Crippen molar-refractivity contribution in [1.29, 1.82) is 0 Å². The van der Waals surface area contributed by atoms with Crippen molar-refractivity contribution >= 4 is 20.7 Å². The molecule has 0 aliphatic heterocycles. The van der Waals surface area contributed by atoms with Crippen molar-refractivity contribution in [2.75, 3.05) is 13.4 Å². The molecule has 0 unspecified atom stereocenters. The molecule has 3 rings (SSSR count). The molecule has 0 aliphatic rings. The predicted molar refractivity (Wildman–Crippen MR) is 83.1 cm³/mol. The number of methoxy groups -OCH3 is 1. The molecular weight excluding hydrogens is 320 g/mol. The Morgan fingerprint density at radius 3 is 2.70 bits per heavy atom. The van der Waals surface area contributed by atoms with E-state index < -0.39 is 15.4 Å². The number of hydrogen-bond acceptors (Lipinski definition) is 7. The second-order valence-electron chi connectivity index (χ2n) is 4.82. The molecule has 3 aromatic rings. The maximum absolute atomic E-state index is 12.0. The van der Waals surface area contributed by atoms with Crippen LogP contribution in [-0.2, 0) is 9.84 Å². The van der Waals surface area contributed by atoms with E-state index in [1.807, 2.05) is 0 Å². The minimum atomic E-state index is -3.73. The summed E-state index contributed by atoms with van der Waals surface area (Å²) in [5, 5.41) is 5.42. The molecule has 118 valence electrons. The number of aromatic nitrogens is 4. The van der Waals surface area contributed by atoms with Gasteiger partial charge >= 0.3 is 0 Å². The van der Waals surface area contributed by atoms with Gasteiger partial charge in [-0.2, -0.15) is 5.10 Å². The van der Waals surface area contributed by atoms with Gasteiger partial charge in [0.05, 0.1) is 13.3 Å². The van der Waals surface area contributed by atoms with Gasteiger partial charge in [-0.1, -0.05) is 12.1 Å². The fourth-order valence-corrected chi connectivity index (χ4v) is 2.95. The molecule has 9 heteroatoms. The predicted octanol–water partition coefficient (Wildman–Crippen LogP) is 0.792. The fourth-order valence-electron chi connectivity index (χ4n) is 2.13. The Morgan fingerprint density at radius 1 is 1.22 bits per heavy atom. The Hall–Kier alpha value is -2.81. The van der Waals surface area contributed by atoms with Crippen LogP contribution in [0.4, 0.5) is 0 Å². The molecule has 2 heterocycles. The Labute approximate surface area is 131 Å². The summed E-state index contributed by atoms with van der Waals surface area (Å²) < 4.78 is 29.2. The topological polar surface area (TPSA) is 115 Å². The zero-order valence-electron chi connectivity index (χ0n) is 12.3. The first-order valence-corrected chi connectivity index (χ1v) is 8.39. The van der Waals surface area contributed by atoms with Gasteiger partial charge in [-0.3, -0.25) is 4.79 Å². The number of fused-ring (bicyclic) bond motifs is 1. The number of nitrogens with zero attached hydrogens (tertiary/aromatic N) is 3. The third-order valence-corrected chi connectivity index (χ3v) is 4.16. The zero-order valence-corrected chi connectivity index (χ0v) is 13.1. The smallest absolute Gasteiger partial charge is 0.276 e. The van der Waals surface area contributed by atoms with Gasteiger partial charge in [0, 0.05) is 11.8 Å². The summed E-state index contributed by atoms with van der Waals surface area (Å²) >= 11 is 0. The standard InChI is InChI=1S/C14H12N4O4S/c1-22-9-5-3-4-8(6-9)12-16-10-7-15-18-13(19)11(10)14(17-12)23(2,20)21/h3-7H,1-2H3,(H,18,19). The van der Waals surface area contributed by atoms with Crippen LogP contribution in [0.2, 0.25) is 0 Å². The van der Waals surface area contributed by atoms with Crippen LogP contribution in [0, 0.1) is 0 Å². The molecule has 1 aromatic carbocycles. The quantitative estimate of drug-likeness (QED) is 0.705. The largest absolute Gasteiger partial charge is 0.497 e. The van der Waals surface area contributed by atoms with Crippen molar-refractivity contribution in [3.63, 3.8) is 0 Å². The molecule has 0 amide bonds. The van der Waals surface area contributed by atoms with Crippen molar-refractivity contribution in [1.82, 2.24) is 20.2 Å². The minimum Gasteiger partial charge on any atom is -0.497 e. The highest BCUT2D eigenvalue weighted by Crippen LogP contribution is 2.24. The van der Waals surface area contributed by atoms with Crippen LogP contribution in [0.25, 0.3) is 22.3 Å². The Morgan fingerprint density at radius 2 is 2.00 bits per heavy atom. The highest BCUT2D eigenvalue weighted by molar-refractivity contribution is 7.90. The third kappa shape index (κ3) is 2.78. The van der Waals surface area contributed by atoms with Crippen molar-refractivity contribution in [3.8, 4) is 17.1 Å². The van der Waals surface area contributed by atoms with Gasteiger partial charge in [0.15, 0.2) is 20.7 Å². The minimum absolute atomic E-state index is 0.103. The van der Waals surface area contributed by atoms with Gasteiger partial charge in [0.25, 0.3) is 5.56 Å². The molecule has 0 spiro atoms. The van der Waals surface area contributed by atoms with Crippen molar-refractivity contribution in [2.45, 2.75) is 5.03 Å². The van der Waals surface area contributed by atoms with Crippen LogP contribution >= 0.6 is 0 Å². The first kappa shape index (κ1) is 15.1. The number of ether oxygens (including phenoxy) is 1. The molecule has 8 nitrogen and oxygen atoms in total. The molecule has 0 fully saturated rings. The van der Waals surface area contributed by atoms with Crippen molar-refractivity contribution in [3.05, 3.63) is 40.8 Å². The summed E-state index contributed by atoms with van der Waals surface area (Å²) in [6.45, 7) is 0. The average Bonchev–Trinajstić information content (AvgIpc) is 2.53. The zero-order chi connectivity index (χ0) is 16.6. The number of benzene rings is 1. The van der Waals surface area contributed by atoms with Crippen LogP contribution in [0.1, 0.15) is 0 Å². The lowest BCUT2D eigenvalue weighted by molar-refractivity contribution is 0.415. The number of rotatable bonds is 3. The summed E-state index contributed by atoms with van der Waals surface area (Å²) in [6, 6.07) is 6.87. The van der Waals surface area contributed by atoms with Crippen molar-refractivity contribution < 1.29 is 13.2 Å². The first-order valence-electron chi connectivity index (χ1n) is 6.50. The maximum Gasteiger partial charge on any atom is 0.276 e. The van der Waals surface area contributed by atoms with Gasteiger partial charge < -0.3 is 4.74 Å². The number of sulfone groups is 1. The molecule has 0 saturated carbocycles. The second kappa shape index (κ2) is 5.43. The van der Waals surface area contributed by atoms with Crippen molar-refractivity contribution in [2.24, 2.45) is 0 Å². The lowest BCUT2D eigenvalue weighted by Gasteiger charge is -2.07. The van der Waals surface area contributed by atoms with E-state index in [9.17, 15) is 13.2 Å². The molecule has 0 radical (unpaired) electrons. The summed E-state index contributed by atoms with van der Waals surface area (Å²) in [5.41, 5.74) is 0.0681. The third-order valence-electron chi connectivity index (χ3n) is 3.16. The van der Waals surface area contributed by atoms with Gasteiger partial charge in [-0.05, 0) is 12.1 Å². The van der Waals surface area contributed by atoms with E-state index in [1.54, 1.807) is 24.3 Å². The molecule has 0 atom stereocenters. The second-order valence-corrected chi connectivity index (χ2v) is 6.75. The average molecular weight is 332 g/mol. The Kier molecular flexibility index (Phi) is 3.57. The molecule has 0 saturated heterocycles. The number of nitrogens with one attached hydrogen (secondary N) is 1. The summed E-state index contributed by atoms with van der Waals surface area (Å²) in [7, 11) is -2.21. The normalized spacial score (nSPS) is 11.6. The SMILES string of the molecule is COc1cccc(-c2nc(S(C)(=O)=O)c3c(=O)[nH]ncc3n2)c1. The summed E-state index contributed by atoms with van der Waals surface area (Å²) in [4.78, 5) is 20.2. The maximum atomic E-state index is 12.0. The molecule has 23 heavy (non-hydrogen) atoms. The van der Waals surface area contributed by atoms with E-state index in [1.165, 1.54) is 13.3 Å². The molecule has 2 aromatic heterocycles. The summed E-state index contributed by atoms with van der Waals surface area (Å²) in [6.07, 6.45) is 2.28. The van der Waals surface area contributed by atoms with Gasteiger partial charge in [-0.15, -0.1) is 0 Å². The van der Waals surface area contributed by atoms with E-state index >= 15 is 0 Å². The molecule has 0 aliphatic carbocycles. The lowest BCUT2D eigenvalue weighted by Crippen LogP contribution is -2.15. The van der Waals surface area contributed by atoms with Crippen LogP contribution in [0.3, 0.4) is 0 Å². The Bertz CT molecular complexity index is 1060. The van der Waals surface area contributed by atoms with Gasteiger partial charge in [-0.25, -0.2) is 23.5 Å². The van der Waals surface area contributed by atoms with Crippen LogP contribution in [-0.4, -0.2) is 41.9 Å². The van der Waals surface area contributed by atoms with Crippen LogP contribution < -0.4 is 10.3 Å². The van der Waals surface area contributed by atoms with E-state index in [-0.39, 0.29) is 21.8 Å². The number of aromatic amines is 1. The molecular formula is C14H12N4O4S. The van der Waals surface area contributed by atoms with Crippen LogP contribution in [0.5, 0.6) is 5.75 Å². The van der Waals surface area contributed by atoms with Gasteiger partial charge in [0.2, 0.25) is 0 Å². The van der Waals surface area contributed by atoms with E-state index in [4.69, 9.17) is 4.74 Å². The molecule has 1 N–H and O–H groups in total. The van der Waals surface area contributed by atoms with Gasteiger partial charge in [0.1, 0.15) is 16.7 Å². The van der Waals surface area contributed by atoms with E-state index in [0.717, 1.165) is 6.26 Å². The first-order chi connectivity index (χ1) is 10.9. The highest BCUT2D eigenvalue weighted by Gasteiger charge is 2.20. The van der Waals surface area contributed by atoms with Crippen LogP contribution in [0.15, 0.2) is 40.3 Å². The number of hydrogen-bond donors (Lipinski definition) is 1. The summed E-state index contributed by atoms with van der Waals surface area (Å²) in [5.74, 6) is 0.750. The lowest BCUT2D eigenvalue weighted by atomic mass is 10.2. The number of H-pyrrole nitrogens is 1. The fraction of sp³-hybridized carbons (Fsp3) is 0.143. The van der Waals surface area contributed by atoms with E-state index in [0.29, 0.717) is 11.3 Å². The molecule has 0 bridgehead atoms. The van der Waals surface area contributed by atoms with E-state index in [2.05, 4.69) is 20.2 Å². The monoisotopic (exact) mass is 332 g/mol. The Balaban J connectivity index is 2.38. The highest BCUT2D eigenvalue weighted by atomic mass is 32.2.